The largest absolute Gasteiger partial charge is 0.309 e. The van der Waals surface area contributed by atoms with Gasteiger partial charge in [0.2, 0.25) is 0 Å². The summed E-state index contributed by atoms with van der Waals surface area (Å²) in [6.45, 7) is 13.8. The molecule has 1 aliphatic rings. The van der Waals surface area contributed by atoms with Gasteiger partial charge in [-0.25, -0.2) is 0 Å². The molecule has 2 aromatic heterocycles. The van der Waals surface area contributed by atoms with Gasteiger partial charge in [0.05, 0.1) is 22.1 Å². The normalized spacial score (nSPS) is 12.8. The molecule has 2 nitrogen and oxygen atoms in total. The van der Waals surface area contributed by atoms with Crippen LogP contribution >= 0.6 is 0 Å². The van der Waals surface area contributed by atoms with Crippen LogP contribution in [0.1, 0.15) is 296 Å². The van der Waals surface area contributed by atoms with E-state index in [0.717, 1.165) is 25.7 Å². The zero-order valence-corrected chi connectivity index (χ0v) is 73.4. The predicted octanol–water partition coefficient (Wildman–Crippen LogP) is 34.8. The Bertz CT molecular complexity index is 5790. The Morgan fingerprint density at radius 1 is 0.198 bits per heavy atom. The lowest BCUT2D eigenvalue weighted by molar-refractivity contribution is 0.401. The number of aromatic nitrogens is 2. The molecule has 0 bridgehead atoms. The van der Waals surface area contributed by atoms with Crippen molar-refractivity contribution in [1.82, 2.24) is 9.13 Å². The summed E-state index contributed by atoms with van der Waals surface area (Å²) in [5.74, 6) is 0. The third kappa shape index (κ3) is 21.4. The van der Waals surface area contributed by atoms with Crippen LogP contribution in [0.15, 0.2) is 255 Å². The molecule has 0 unspecified atom stereocenters. The average molecular weight is 1590 g/mol. The van der Waals surface area contributed by atoms with Crippen molar-refractivity contribution in [2.24, 2.45) is 0 Å². The lowest BCUT2D eigenvalue weighted by Crippen LogP contribution is -2.25. The van der Waals surface area contributed by atoms with Gasteiger partial charge in [-0.1, -0.05) is 412 Å². The van der Waals surface area contributed by atoms with Crippen LogP contribution in [0.4, 0.5) is 0 Å². The molecule has 0 saturated carbocycles. The highest BCUT2D eigenvalue weighted by Crippen LogP contribution is 2.55. The minimum absolute atomic E-state index is 0.0307. The maximum atomic E-state index is 2.56. The number of aryl methyl sites for hydroxylation is 4. The molecule has 0 N–H and O–H groups in total. The number of benzene rings is 12. The summed E-state index contributed by atoms with van der Waals surface area (Å²) in [5, 5.41) is 5.49. The van der Waals surface area contributed by atoms with Crippen LogP contribution in [0, 0.1) is 0 Å². The second-order valence-corrected chi connectivity index (χ2v) is 34.8. The summed E-state index contributed by atoms with van der Waals surface area (Å²) in [7, 11) is 0. The molecule has 15 rings (SSSR count). The maximum Gasteiger partial charge on any atom is 0.0541 e. The molecule has 12 aromatic carbocycles. The van der Waals surface area contributed by atoms with E-state index in [0.29, 0.717) is 0 Å². The van der Waals surface area contributed by atoms with Crippen LogP contribution in [-0.4, -0.2) is 9.13 Å². The Balaban J connectivity index is 0.568. The van der Waals surface area contributed by atoms with E-state index in [2.05, 4.69) is 378 Å². The molecule has 2 heterocycles. The topological polar surface area (TPSA) is 9.86 Å². The fourth-order valence-corrected chi connectivity index (χ4v) is 18.7. The van der Waals surface area contributed by atoms with Crippen molar-refractivity contribution in [3.63, 3.8) is 0 Å². The smallest absolute Gasteiger partial charge is 0.0541 e. The average Bonchev–Trinajstić information content (AvgIpc) is 1.56. The summed E-state index contributed by atoms with van der Waals surface area (Å²) in [6, 6.07) is 97.5. The van der Waals surface area contributed by atoms with Crippen LogP contribution < -0.4 is 0 Å². The van der Waals surface area contributed by atoms with Crippen LogP contribution in [0.3, 0.4) is 0 Å². The Hall–Kier alpha value is -11.3. The summed E-state index contributed by atoms with van der Waals surface area (Å²) in [5.41, 5.74) is 33.6. The molecule has 121 heavy (non-hydrogen) atoms. The number of fused-ring (bicyclic) bond motifs is 9. The zero-order valence-electron chi connectivity index (χ0n) is 73.4. The zero-order chi connectivity index (χ0) is 83.0. The van der Waals surface area contributed by atoms with Gasteiger partial charge >= 0.3 is 0 Å². The van der Waals surface area contributed by atoms with E-state index >= 15 is 0 Å². The van der Waals surface area contributed by atoms with Crippen molar-refractivity contribution in [2.45, 2.75) is 227 Å². The van der Waals surface area contributed by atoms with Crippen molar-refractivity contribution >= 4 is 117 Å². The Labute approximate surface area is 725 Å². The van der Waals surface area contributed by atoms with Gasteiger partial charge in [-0.05, 0) is 248 Å². The first-order valence-corrected chi connectivity index (χ1v) is 46.8. The monoisotopic (exact) mass is 1590 g/mol. The predicted molar refractivity (Wildman–Crippen MR) is 533 cm³/mol. The summed E-state index contributed by atoms with van der Waals surface area (Å²) < 4.78 is 4.94. The van der Waals surface area contributed by atoms with Gasteiger partial charge in [-0.15, -0.1) is 0 Å². The second-order valence-electron chi connectivity index (χ2n) is 34.8. The number of hydrogen-bond donors (Lipinski definition) is 0. The Kier molecular flexibility index (Phi) is 29.6. The van der Waals surface area contributed by atoms with E-state index in [1.807, 2.05) is 0 Å². The van der Waals surface area contributed by atoms with Crippen LogP contribution in [0.2, 0.25) is 0 Å². The standard InChI is InChI=1S/C119H128N2/c1-7-13-19-24-30-100-68-78-116-110(84-100)109-83-99(29-18-12-6)67-77-115(109)120(116)105-71-61-97(62-72-105)55-53-93-41-37-89(38-42-93)33-35-91-45-49-95(50-46-91)57-59-103-65-75-107-108-76-66-104(88-114(108)119(113(107)87-103,81-27-22-16-10-4)82-28-23-17-11-5)60-58-96-51-47-92(48-52-96)36-34-90-39-43-94(44-40-90)54-56-98-63-73-106(74-64-98)121-117-79-69-101(31-25-20-14-8-2)85-111(117)112-86-102(70-80-118(112)121)32-26-21-15-9-3/h33-80,83-88H,7-32,81-82H2,1-6H3/b35-33+,36-34+,55-53+,56-54+,59-57+,60-58+. The van der Waals surface area contributed by atoms with Crippen molar-refractivity contribution in [3.8, 4) is 22.5 Å². The lowest BCUT2D eigenvalue weighted by Gasteiger charge is -2.33. The van der Waals surface area contributed by atoms with Crippen molar-refractivity contribution in [1.29, 1.82) is 0 Å². The van der Waals surface area contributed by atoms with Crippen molar-refractivity contribution < 1.29 is 0 Å². The maximum absolute atomic E-state index is 2.56. The quantitative estimate of drug-likeness (QED) is 0.0267. The third-order valence-corrected chi connectivity index (χ3v) is 25.7. The van der Waals surface area contributed by atoms with E-state index in [-0.39, 0.29) is 5.41 Å². The van der Waals surface area contributed by atoms with Gasteiger partial charge in [0.25, 0.3) is 0 Å². The highest BCUT2D eigenvalue weighted by atomic mass is 15.0. The van der Waals surface area contributed by atoms with Gasteiger partial charge in [-0.3, -0.25) is 0 Å². The van der Waals surface area contributed by atoms with Gasteiger partial charge < -0.3 is 9.13 Å². The second kappa shape index (κ2) is 42.3. The fraction of sp³-hybridized carbons (Fsp3) is 0.294. The minimum Gasteiger partial charge on any atom is -0.309 e. The molecule has 14 aromatic rings. The van der Waals surface area contributed by atoms with E-state index in [4.69, 9.17) is 0 Å². The molecular formula is C119H128N2. The highest BCUT2D eigenvalue weighted by molar-refractivity contribution is 6.11. The summed E-state index contributed by atoms with van der Waals surface area (Å²) in [6.07, 6.45) is 61.9. The van der Waals surface area contributed by atoms with Crippen LogP contribution in [0.5, 0.6) is 0 Å². The number of nitrogens with zero attached hydrogens (tertiary/aromatic N) is 2. The van der Waals surface area contributed by atoms with Gasteiger partial charge in [0.1, 0.15) is 0 Å². The number of unbranched alkanes of at least 4 members (excludes halogenated alkanes) is 16. The number of rotatable bonds is 42. The van der Waals surface area contributed by atoms with Crippen LogP contribution in [-0.2, 0) is 31.1 Å². The van der Waals surface area contributed by atoms with E-state index in [1.165, 1.54) is 320 Å². The van der Waals surface area contributed by atoms with Crippen LogP contribution in [0.25, 0.3) is 139 Å². The van der Waals surface area contributed by atoms with Gasteiger partial charge in [0, 0.05) is 38.3 Å². The molecule has 2 heteroatoms. The first kappa shape index (κ1) is 84.7. The third-order valence-electron chi connectivity index (χ3n) is 25.7. The first-order valence-electron chi connectivity index (χ1n) is 46.8. The Morgan fingerprint density at radius 2 is 0.413 bits per heavy atom. The first-order chi connectivity index (χ1) is 59.7. The molecule has 0 radical (unpaired) electrons. The highest BCUT2D eigenvalue weighted by Gasteiger charge is 2.42. The molecule has 0 aliphatic heterocycles. The molecular weight excluding hydrogens is 1460 g/mol. The molecule has 0 fully saturated rings. The fourth-order valence-electron chi connectivity index (χ4n) is 18.7. The molecule has 1 aliphatic carbocycles. The van der Waals surface area contributed by atoms with E-state index in [9.17, 15) is 0 Å². The SMILES string of the molecule is CCCCCCc1ccc2c(c1)c1cc(CCCC)ccc1n2-c1ccc(/C=C/c2ccc(/C=C/c3ccc(/C=C/c4ccc5c(c4)C(CCCCCC)(CCCCCC)c4cc(/C=C/c6ccc(/C=C/c7ccc(/C=C/c8ccc(-n9c%10ccc(CCCCCC)cc%10c%10cc(CCCCCC)ccc%109)cc8)cc7)cc6)ccc4-5)cc3)cc2)cc1. The van der Waals surface area contributed by atoms with Crippen molar-refractivity contribution in [2.75, 3.05) is 0 Å². The minimum atomic E-state index is -0.0307. The molecule has 0 atom stereocenters. The lowest BCUT2D eigenvalue weighted by atomic mass is 9.70. The molecule has 614 valence electrons. The van der Waals surface area contributed by atoms with Gasteiger partial charge in [0.15, 0.2) is 0 Å². The molecule has 0 amide bonds. The summed E-state index contributed by atoms with van der Waals surface area (Å²) >= 11 is 0. The van der Waals surface area contributed by atoms with E-state index in [1.54, 1.807) is 0 Å². The number of hydrogen-bond acceptors (Lipinski definition) is 0. The summed E-state index contributed by atoms with van der Waals surface area (Å²) in [4.78, 5) is 0. The molecule has 0 spiro atoms. The van der Waals surface area contributed by atoms with E-state index < -0.39 is 0 Å². The van der Waals surface area contributed by atoms with Gasteiger partial charge in [-0.2, -0.15) is 0 Å². The Morgan fingerprint density at radius 3 is 0.661 bits per heavy atom. The molecule has 0 saturated heterocycles. The van der Waals surface area contributed by atoms with Crippen molar-refractivity contribution in [3.05, 3.63) is 355 Å².